The van der Waals surface area contributed by atoms with Gasteiger partial charge in [-0.3, -0.25) is 20.4 Å². The van der Waals surface area contributed by atoms with Gasteiger partial charge in [0, 0.05) is 11.8 Å². The molecule has 0 aliphatic heterocycles. The monoisotopic (exact) mass is 483 g/mol. The number of hydrogen-bond donors (Lipinski definition) is 2. The molecule has 0 aliphatic rings. The van der Waals surface area contributed by atoms with Crippen molar-refractivity contribution in [3.05, 3.63) is 101 Å². The fourth-order valence-electron chi connectivity index (χ4n) is 3.55. The van der Waals surface area contributed by atoms with Crippen molar-refractivity contribution in [2.75, 3.05) is 0 Å². The number of benzene rings is 2. The van der Waals surface area contributed by atoms with E-state index in [4.69, 9.17) is 4.42 Å². The Balaban J connectivity index is 1.31. The van der Waals surface area contributed by atoms with E-state index >= 15 is 0 Å². The largest absolute Gasteiger partial charge is 0.440 e. The number of rotatable bonds is 6. The van der Waals surface area contributed by atoms with Crippen LogP contribution in [0.1, 0.15) is 21.8 Å². The Morgan fingerprint density at radius 1 is 0.971 bits per heavy atom. The second-order valence-electron chi connectivity index (χ2n) is 7.72. The number of nitrogens with one attached hydrogen (secondary N) is 2. The maximum atomic E-state index is 13.1. The lowest BCUT2D eigenvalue weighted by Gasteiger charge is -2.07. The number of aromatic nitrogens is 3. The van der Waals surface area contributed by atoms with Crippen LogP contribution in [0, 0.1) is 6.92 Å². The van der Waals surface area contributed by atoms with Gasteiger partial charge in [0.25, 0.3) is 5.91 Å². The van der Waals surface area contributed by atoms with Gasteiger partial charge >= 0.3 is 0 Å². The molecule has 0 spiro atoms. The van der Waals surface area contributed by atoms with E-state index in [1.807, 2.05) is 78.2 Å². The van der Waals surface area contributed by atoms with Gasteiger partial charge in [0.15, 0.2) is 0 Å². The van der Waals surface area contributed by atoms with Crippen LogP contribution in [0.2, 0.25) is 0 Å². The molecular formula is C26H21N5O3S. The number of para-hydroxylation sites is 1. The second-order valence-corrected chi connectivity index (χ2v) is 8.66. The van der Waals surface area contributed by atoms with Gasteiger partial charge in [-0.2, -0.15) is 5.10 Å². The minimum atomic E-state index is -0.476. The Bertz CT molecular complexity index is 1460. The van der Waals surface area contributed by atoms with Crippen LogP contribution in [-0.2, 0) is 11.2 Å². The first-order valence-corrected chi connectivity index (χ1v) is 11.8. The van der Waals surface area contributed by atoms with Crippen LogP contribution in [0.3, 0.4) is 0 Å². The molecule has 5 rings (SSSR count). The van der Waals surface area contributed by atoms with Crippen molar-refractivity contribution in [1.29, 1.82) is 0 Å². The molecule has 2 aromatic carbocycles. The van der Waals surface area contributed by atoms with Crippen LogP contribution in [0.15, 0.2) is 88.8 Å². The first-order chi connectivity index (χ1) is 17.1. The van der Waals surface area contributed by atoms with Gasteiger partial charge in [0.1, 0.15) is 11.5 Å². The predicted molar refractivity (Wildman–Crippen MR) is 133 cm³/mol. The van der Waals surface area contributed by atoms with E-state index < -0.39 is 11.8 Å². The van der Waals surface area contributed by atoms with Crippen molar-refractivity contribution in [3.63, 3.8) is 0 Å². The predicted octanol–water partition coefficient (Wildman–Crippen LogP) is 4.57. The van der Waals surface area contributed by atoms with Gasteiger partial charge < -0.3 is 4.42 Å². The van der Waals surface area contributed by atoms with Crippen LogP contribution < -0.4 is 10.9 Å². The molecule has 174 valence electrons. The van der Waals surface area contributed by atoms with E-state index in [1.165, 1.54) is 11.3 Å². The second kappa shape index (κ2) is 9.78. The van der Waals surface area contributed by atoms with Gasteiger partial charge in [-0.25, -0.2) is 9.67 Å². The van der Waals surface area contributed by atoms with Gasteiger partial charge in [-0.05, 0) is 30.5 Å². The highest BCUT2D eigenvalue weighted by Crippen LogP contribution is 2.26. The highest BCUT2D eigenvalue weighted by atomic mass is 32.1. The lowest BCUT2D eigenvalue weighted by atomic mass is 10.1. The standard InChI is InChI=1S/C26H21N5O3S/c1-17-21(27-26(34-17)22-13-8-14-35-22)15-23(32)28-29-25(33)20-16-31(19-11-6-3-7-12-19)30-24(20)18-9-4-2-5-10-18/h2-14,16H,15H2,1H3,(H,28,32)(H,29,33). The average molecular weight is 484 g/mol. The zero-order valence-corrected chi connectivity index (χ0v) is 19.6. The summed E-state index contributed by atoms with van der Waals surface area (Å²) in [6.07, 6.45) is 1.62. The molecule has 2 N–H and O–H groups in total. The first kappa shape index (κ1) is 22.3. The molecule has 0 saturated carbocycles. The average Bonchev–Trinajstić information content (AvgIpc) is 3.64. The number of nitrogens with zero attached hydrogens (tertiary/aromatic N) is 3. The number of oxazole rings is 1. The van der Waals surface area contributed by atoms with Crippen molar-refractivity contribution in [2.24, 2.45) is 0 Å². The quantitative estimate of drug-likeness (QED) is 0.345. The summed E-state index contributed by atoms with van der Waals surface area (Å²) in [6.45, 7) is 1.76. The lowest BCUT2D eigenvalue weighted by molar-refractivity contribution is -0.121. The third-order valence-corrected chi connectivity index (χ3v) is 6.15. The topological polar surface area (TPSA) is 102 Å². The minimum absolute atomic E-state index is 0.0319. The summed E-state index contributed by atoms with van der Waals surface area (Å²) in [7, 11) is 0. The number of carbonyl (C=O) groups excluding carboxylic acids is 2. The fraction of sp³-hybridized carbons (Fsp3) is 0.0769. The molecule has 0 atom stereocenters. The molecule has 3 heterocycles. The minimum Gasteiger partial charge on any atom is -0.440 e. The Labute approximate surface area is 205 Å². The van der Waals surface area contributed by atoms with Gasteiger partial charge in [0.2, 0.25) is 11.8 Å². The van der Waals surface area contributed by atoms with Crippen molar-refractivity contribution in [1.82, 2.24) is 25.6 Å². The van der Waals surface area contributed by atoms with E-state index in [0.717, 1.165) is 16.1 Å². The molecule has 9 heteroatoms. The molecule has 0 radical (unpaired) electrons. The van der Waals surface area contributed by atoms with Crippen LogP contribution in [0.5, 0.6) is 0 Å². The van der Waals surface area contributed by atoms with Gasteiger partial charge in [-0.15, -0.1) is 11.3 Å². The molecule has 0 bridgehead atoms. The van der Waals surface area contributed by atoms with Crippen LogP contribution in [-0.4, -0.2) is 26.6 Å². The molecule has 0 unspecified atom stereocenters. The maximum absolute atomic E-state index is 13.1. The zero-order valence-electron chi connectivity index (χ0n) is 18.8. The summed E-state index contributed by atoms with van der Waals surface area (Å²) in [6, 6.07) is 22.7. The molecule has 3 aromatic heterocycles. The molecule has 0 aliphatic carbocycles. The molecule has 0 saturated heterocycles. The van der Waals surface area contributed by atoms with Gasteiger partial charge in [-0.1, -0.05) is 54.6 Å². The van der Waals surface area contributed by atoms with E-state index in [2.05, 4.69) is 20.9 Å². The number of amides is 2. The molecule has 0 fully saturated rings. The SMILES string of the molecule is Cc1oc(-c2cccs2)nc1CC(=O)NNC(=O)c1cn(-c2ccccc2)nc1-c1ccccc1. The molecule has 35 heavy (non-hydrogen) atoms. The summed E-state index contributed by atoms with van der Waals surface area (Å²) in [5, 5.41) is 6.56. The van der Waals surface area contributed by atoms with Crippen molar-refractivity contribution in [2.45, 2.75) is 13.3 Å². The highest BCUT2D eigenvalue weighted by Gasteiger charge is 2.20. The number of aryl methyl sites for hydroxylation is 1. The van der Waals surface area contributed by atoms with E-state index in [-0.39, 0.29) is 6.42 Å². The number of thiophene rings is 1. The Hall–Kier alpha value is -4.50. The van der Waals surface area contributed by atoms with Crippen molar-refractivity contribution in [3.8, 4) is 27.7 Å². The molecule has 8 nitrogen and oxygen atoms in total. The van der Waals surface area contributed by atoms with Crippen LogP contribution >= 0.6 is 11.3 Å². The summed E-state index contributed by atoms with van der Waals surface area (Å²) in [5.41, 5.74) is 7.93. The Kier molecular flexibility index (Phi) is 6.23. The smallest absolute Gasteiger partial charge is 0.273 e. The number of hydrogen-bond acceptors (Lipinski definition) is 6. The summed E-state index contributed by atoms with van der Waals surface area (Å²) in [5.74, 6) is 0.148. The summed E-state index contributed by atoms with van der Waals surface area (Å²) < 4.78 is 7.33. The van der Waals surface area contributed by atoms with Gasteiger partial charge in [0.05, 0.1) is 28.2 Å². The van der Waals surface area contributed by atoms with Crippen molar-refractivity contribution >= 4 is 23.2 Å². The number of hydrazine groups is 1. The van der Waals surface area contributed by atoms with E-state index in [9.17, 15) is 9.59 Å². The zero-order chi connectivity index (χ0) is 24.2. The van der Waals surface area contributed by atoms with Crippen molar-refractivity contribution < 1.29 is 14.0 Å². The normalized spacial score (nSPS) is 10.8. The number of carbonyl (C=O) groups is 2. The third-order valence-electron chi connectivity index (χ3n) is 5.29. The first-order valence-electron chi connectivity index (χ1n) is 10.9. The Morgan fingerprint density at radius 2 is 1.71 bits per heavy atom. The summed E-state index contributed by atoms with van der Waals surface area (Å²) >= 11 is 1.51. The summed E-state index contributed by atoms with van der Waals surface area (Å²) in [4.78, 5) is 30.9. The lowest BCUT2D eigenvalue weighted by Crippen LogP contribution is -2.42. The molecular weight excluding hydrogens is 462 g/mol. The van der Waals surface area contributed by atoms with E-state index in [0.29, 0.717) is 28.6 Å². The fourth-order valence-corrected chi connectivity index (χ4v) is 4.20. The molecule has 2 amide bonds. The van der Waals surface area contributed by atoms with Crippen LogP contribution in [0.4, 0.5) is 0 Å². The van der Waals surface area contributed by atoms with E-state index in [1.54, 1.807) is 17.8 Å². The third kappa shape index (κ3) is 4.90. The molecule has 5 aromatic rings. The Morgan fingerprint density at radius 3 is 2.43 bits per heavy atom. The highest BCUT2D eigenvalue weighted by molar-refractivity contribution is 7.13. The van der Waals surface area contributed by atoms with Crippen LogP contribution in [0.25, 0.3) is 27.7 Å². The maximum Gasteiger partial charge on any atom is 0.273 e.